The molecule has 2 heterocycles. The van der Waals surface area contributed by atoms with Crippen molar-refractivity contribution < 1.29 is 9.18 Å². The largest absolute Gasteiger partial charge is 0.328 e. The van der Waals surface area contributed by atoms with E-state index < -0.39 is 0 Å². The highest BCUT2D eigenvalue weighted by molar-refractivity contribution is 7.09. The number of nitrogens with one attached hydrogen (secondary N) is 1. The van der Waals surface area contributed by atoms with Crippen LogP contribution in [-0.2, 0) is 0 Å². The van der Waals surface area contributed by atoms with Gasteiger partial charge in [0.2, 0.25) is 0 Å². The van der Waals surface area contributed by atoms with Gasteiger partial charge in [0.05, 0.1) is 11.0 Å². The van der Waals surface area contributed by atoms with Gasteiger partial charge in [0, 0.05) is 30.9 Å². The summed E-state index contributed by atoms with van der Waals surface area (Å²) in [6, 6.07) is 6.29. The van der Waals surface area contributed by atoms with Crippen LogP contribution in [0.2, 0.25) is 0 Å². The van der Waals surface area contributed by atoms with Crippen LogP contribution in [0.4, 0.5) is 4.39 Å². The fraction of sp³-hybridized carbons (Fsp3) is 0.412. The highest BCUT2D eigenvalue weighted by Gasteiger charge is 2.30. The third-order valence-corrected chi connectivity index (χ3v) is 5.12. The second kappa shape index (κ2) is 9.48. The molecule has 1 atom stereocenters. The van der Waals surface area contributed by atoms with E-state index in [9.17, 15) is 9.18 Å². The lowest BCUT2D eigenvalue weighted by molar-refractivity contribution is 0.0628. The molecule has 138 valence electrons. The maximum atomic E-state index is 13.5. The minimum atomic E-state index is -0.281. The van der Waals surface area contributed by atoms with Crippen molar-refractivity contribution in [2.24, 2.45) is 0 Å². The van der Waals surface area contributed by atoms with E-state index in [1.165, 1.54) is 23.5 Å². The van der Waals surface area contributed by atoms with Crippen LogP contribution in [-0.4, -0.2) is 35.4 Å². The lowest BCUT2D eigenvalue weighted by atomic mass is 10.0. The van der Waals surface area contributed by atoms with E-state index >= 15 is 0 Å². The van der Waals surface area contributed by atoms with Crippen LogP contribution in [0, 0.1) is 5.82 Å². The van der Waals surface area contributed by atoms with E-state index in [1.807, 2.05) is 11.4 Å². The molecule has 0 spiro atoms. The summed E-state index contributed by atoms with van der Waals surface area (Å²) >= 11 is 1.52. The van der Waals surface area contributed by atoms with Crippen molar-refractivity contribution in [3.05, 3.63) is 51.7 Å². The van der Waals surface area contributed by atoms with Crippen LogP contribution >= 0.6 is 36.2 Å². The molecule has 1 amide bonds. The molecule has 0 radical (unpaired) electrons. The highest BCUT2D eigenvalue weighted by atomic mass is 35.5. The smallest absolute Gasteiger partial charge is 0.273 e. The van der Waals surface area contributed by atoms with Crippen molar-refractivity contribution in [2.45, 2.75) is 25.8 Å². The van der Waals surface area contributed by atoms with Crippen LogP contribution in [0.3, 0.4) is 0 Å². The molecule has 1 aromatic carbocycles. The summed E-state index contributed by atoms with van der Waals surface area (Å²) in [6.45, 7) is 6.07. The molecule has 4 nitrogen and oxygen atoms in total. The van der Waals surface area contributed by atoms with E-state index in [-0.39, 0.29) is 42.6 Å². The quantitative estimate of drug-likeness (QED) is 0.837. The Morgan fingerprint density at radius 2 is 2.16 bits per heavy atom. The Bertz CT molecular complexity index is 711. The molecule has 25 heavy (non-hydrogen) atoms. The van der Waals surface area contributed by atoms with Gasteiger partial charge in [-0.3, -0.25) is 4.79 Å². The number of hydrogen-bond acceptors (Lipinski definition) is 4. The van der Waals surface area contributed by atoms with E-state index in [0.29, 0.717) is 24.7 Å². The van der Waals surface area contributed by atoms with Gasteiger partial charge in [-0.1, -0.05) is 26.0 Å². The second-order valence-corrected chi connectivity index (χ2v) is 6.89. The predicted molar refractivity (Wildman–Crippen MR) is 104 cm³/mol. The van der Waals surface area contributed by atoms with Crippen molar-refractivity contribution in [3.8, 4) is 0 Å². The lowest BCUT2D eigenvalue weighted by Gasteiger charge is -2.36. The predicted octanol–water partition coefficient (Wildman–Crippen LogP) is 4.04. The number of piperazine rings is 1. The van der Waals surface area contributed by atoms with Gasteiger partial charge in [0.15, 0.2) is 0 Å². The first kappa shape index (κ1) is 21.8. The zero-order chi connectivity index (χ0) is 16.4. The van der Waals surface area contributed by atoms with Crippen LogP contribution in [0.15, 0.2) is 29.6 Å². The van der Waals surface area contributed by atoms with Crippen LogP contribution in [0.5, 0.6) is 0 Å². The Hall–Kier alpha value is -1.21. The molecular formula is C17H22Cl2FN3OS. The fourth-order valence-corrected chi connectivity index (χ4v) is 3.57. The molecule has 1 aliphatic rings. The average molecular weight is 406 g/mol. The summed E-state index contributed by atoms with van der Waals surface area (Å²) in [6.07, 6.45) is 0. The monoisotopic (exact) mass is 405 g/mol. The summed E-state index contributed by atoms with van der Waals surface area (Å²) in [5.41, 5.74) is 1.30. The van der Waals surface area contributed by atoms with E-state index in [1.54, 1.807) is 11.0 Å². The Morgan fingerprint density at radius 3 is 2.80 bits per heavy atom. The number of carbonyl (C=O) groups is 1. The first-order valence-electron chi connectivity index (χ1n) is 7.79. The summed E-state index contributed by atoms with van der Waals surface area (Å²) in [5.74, 6) is -0.0521. The number of rotatable bonds is 3. The normalized spacial score (nSPS) is 17.0. The maximum absolute atomic E-state index is 13.5. The Morgan fingerprint density at radius 1 is 1.40 bits per heavy atom. The van der Waals surface area contributed by atoms with Crippen LogP contribution in [0.1, 0.15) is 46.9 Å². The van der Waals surface area contributed by atoms with E-state index in [4.69, 9.17) is 0 Å². The first-order chi connectivity index (χ1) is 11.1. The van der Waals surface area contributed by atoms with Gasteiger partial charge in [-0.15, -0.1) is 36.2 Å². The fourth-order valence-electron chi connectivity index (χ4n) is 2.76. The highest BCUT2D eigenvalue weighted by Crippen LogP contribution is 2.26. The minimum absolute atomic E-state index is 0. The Balaban J connectivity index is 0.00000156. The molecule has 0 bridgehead atoms. The molecule has 1 fully saturated rings. The molecule has 0 saturated carbocycles. The number of halogens is 3. The summed E-state index contributed by atoms with van der Waals surface area (Å²) in [7, 11) is 0. The van der Waals surface area contributed by atoms with E-state index in [2.05, 4.69) is 24.1 Å². The van der Waals surface area contributed by atoms with Gasteiger partial charge in [-0.25, -0.2) is 9.37 Å². The molecule has 0 aliphatic carbocycles. The van der Waals surface area contributed by atoms with E-state index in [0.717, 1.165) is 17.1 Å². The minimum Gasteiger partial charge on any atom is -0.328 e. The molecule has 1 saturated heterocycles. The first-order valence-corrected chi connectivity index (χ1v) is 8.67. The van der Waals surface area contributed by atoms with Crippen molar-refractivity contribution in [1.29, 1.82) is 0 Å². The maximum Gasteiger partial charge on any atom is 0.273 e. The third kappa shape index (κ3) is 4.91. The third-order valence-electron chi connectivity index (χ3n) is 3.97. The van der Waals surface area contributed by atoms with Crippen LogP contribution < -0.4 is 5.32 Å². The number of amides is 1. The van der Waals surface area contributed by atoms with Gasteiger partial charge in [0.25, 0.3) is 5.91 Å². The number of hydrogen-bond donors (Lipinski definition) is 1. The van der Waals surface area contributed by atoms with Crippen LogP contribution in [0.25, 0.3) is 0 Å². The van der Waals surface area contributed by atoms with Crippen molar-refractivity contribution in [1.82, 2.24) is 15.2 Å². The van der Waals surface area contributed by atoms with Gasteiger partial charge in [-0.05, 0) is 17.7 Å². The molecule has 2 aromatic rings. The molecule has 1 N–H and O–H groups in total. The van der Waals surface area contributed by atoms with Crippen molar-refractivity contribution in [3.63, 3.8) is 0 Å². The number of aromatic nitrogens is 1. The van der Waals surface area contributed by atoms with Crippen molar-refractivity contribution in [2.75, 3.05) is 19.6 Å². The van der Waals surface area contributed by atoms with Gasteiger partial charge < -0.3 is 10.2 Å². The number of nitrogens with zero attached hydrogens (tertiary/aromatic N) is 2. The molecular weight excluding hydrogens is 384 g/mol. The summed E-state index contributed by atoms with van der Waals surface area (Å²) in [5, 5.41) is 6.06. The molecule has 1 aliphatic heterocycles. The molecule has 3 rings (SSSR count). The lowest BCUT2D eigenvalue weighted by Crippen LogP contribution is -2.48. The zero-order valence-electron chi connectivity index (χ0n) is 14.1. The topological polar surface area (TPSA) is 45.2 Å². The van der Waals surface area contributed by atoms with Crippen molar-refractivity contribution >= 4 is 42.1 Å². The second-order valence-electron chi connectivity index (χ2n) is 6.00. The summed E-state index contributed by atoms with van der Waals surface area (Å²) in [4.78, 5) is 19.1. The van der Waals surface area contributed by atoms with Gasteiger partial charge in [-0.2, -0.15) is 0 Å². The summed E-state index contributed by atoms with van der Waals surface area (Å²) < 4.78 is 13.5. The molecule has 1 aromatic heterocycles. The Kier molecular flexibility index (Phi) is 8.28. The zero-order valence-corrected chi connectivity index (χ0v) is 16.5. The van der Waals surface area contributed by atoms with Gasteiger partial charge in [0.1, 0.15) is 11.5 Å². The standard InChI is InChI=1S/C17H20FN3OS.2ClH/c1-11(2)16-20-14(10-23-16)17(22)21-7-6-19-9-15(21)12-4-3-5-13(18)8-12;;/h3-5,8,10-11,15,19H,6-7,9H2,1-2H3;2*1H. The number of benzene rings is 1. The SMILES string of the molecule is CC(C)c1nc(C(=O)N2CCNCC2c2cccc(F)c2)cs1.Cl.Cl. The average Bonchev–Trinajstić information content (AvgIpc) is 3.04. The van der Waals surface area contributed by atoms with Gasteiger partial charge >= 0.3 is 0 Å². The Labute approximate surface area is 163 Å². The molecule has 8 heteroatoms. The number of thiazole rings is 1. The number of carbonyl (C=O) groups excluding carboxylic acids is 1. The molecule has 1 unspecified atom stereocenters.